The van der Waals surface area contributed by atoms with Gasteiger partial charge in [0.05, 0.1) is 31.0 Å². The van der Waals surface area contributed by atoms with Gasteiger partial charge in [-0.2, -0.15) is 5.10 Å². The Hall–Kier alpha value is -4.97. The second kappa shape index (κ2) is 15.5. The summed E-state index contributed by atoms with van der Waals surface area (Å²) in [6.45, 7) is 5.62. The van der Waals surface area contributed by atoms with Crippen LogP contribution in [0.4, 0.5) is 4.39 Å². The van der Waals surface area contributed by atoms with Crippen molar-refractivity contribution in [1.29, 1.82) is 0 Å². The van der Waals surface area contributed by atoms with Gasteiger partial charge < -0.3 is 29.6 Å². The summed E-state index contributed by atoms with van der Waals surface area (Å²) in [6, 6.07) is 17.9. The molecule has 0 saturated carbocycles. The second-order valence-corrected chi connectivity index (χ2v) is 9.84. The minimum absolute atomic E-state index is 0.0414. The van der Waals surface area contributed by atoms with Crippen molar-refractivity contribution in [2.75, 3.05) is 19.8 Å². The maximum absolute atomic E-state index is 14.0. The number of carbonyl (C=O) groups excluding carboxylic acids is 2. The Morgan fingerprint density at radius 1 is 0.977 bits per heavy atom. The van der Waals surface area contributed by atoms with Crippen LogP contribution in [0.25, 0.3) is 0 Å². The number of hydrogen-bond donors (Lipinski definition) is 3. The van der Waals surface area contributed by atoms with Gasteiger partial charge in [-0.1, -0.05) is 36.4 Å². The van der Waals surface area contributed by atoms with Gasteiger partial charge >= 0.3 is 5.97 Å². The van der Waals surface area contributed by atoms with Gasteiger partial charge in [0, 0.05) is 16.8 Å². The molecule has 0 unspecified atom stereocenters. The van der Waals surface area contributed by atoms with Crippen LogP contribution < -0.4 is 30.3 Å². The number of carbonyl (C=O) groups is 2. The Balaban J connectivity index is 1.39. The Bertz CT molecular complexity index is 1580. The molecule has 230 valence electrons. The monoisotopic (exact) mass is 620 g/mol. The third-order valence-corrected chi connectivity index (χ3v) is 6.58. The molecule has 0 aliphatic carbocycles. The van der Waals surface area contributed by atoms with Gasteiger partial charge in [0.2, 0.25) is 0 Å². The molecule has 0 spiro atoms. The summed E-state index contributed by atoms with van der Waals surface area (Å²) in [4.78, 5) is 25.3. The van der Waals surface area contributed by atoms with Crippen LogP contribution in [0, 0.1) is 5.82 Å². The van der Waals surface area contributed by atoms with Crippen molar-refractivity contribution < 1.29 is 32.9 Å². The number of esters is 1. The number of thiocarbonyl (C=S) groups is 1. The van der Waals surface area contributed by atoms with E-state index in [4.69, 9.17) is 31.2 Å². The lowest BCUT2D eigenvalue weighted by Crippen LogP contribution is -2.45. The number of halogens is 1. The minimum atomic E-state index is -0.640. The van der Waals surface area contributed by atoms with Crippen molar-refractivity contribution in [3.63, 3.8) is 0 Å². The molecular weight excluding hydrogens is 587 g/mol. The fourth-order valence-electron chi connectivity index (χ4n) is 4.37. The predicted octanol–water partition coefficient (Wildman–Crippen LogP) is 4.69. The lowest BCUT2D eigenvalue weighted by Gasteiger charge is -2.30. The quantitative estimate of drug-likeness (QED) is 0.108. The van der Waals surface area contributed by atoms with Gasteiger partial charge in [0.15, 0.2) is 23.2 Å². The summed E-state index contributed by atoms with van der Waals surface area (Å²) in [6.07, 6.45) is 1.45. The number of amides is 1. The maximum Gasteiger partial charge on any atom is 0.338 e. The second-order valence-electron chi connectivity index (χ2n) is 9.43. The van der Waals surface area contributed by atoms with Gasteiger partial charge in [-0.05, 0) is 68.9 Å². The van der Waals surface area contributed by atoms with Crippen molar-refractivity contribution in [1.82, 2.24) is 16.1 Å². The van der Waals surface area contributed by atoms with Crippen molar-refractivity contribution in [2.24, 2.45) is 5.10 Å². The van der Waals surface area contributed by atoms with Crippen molar-refractivity contribution >= 4 is 35.4 Å². The summed E-state index contributed by atoms with van der Waals surface area (Å²) >= 11 is 5.31. The van der Waals surface area contributed by atoms with Crippen LogP contribution in [0.15, 0.2) is 83.1 Å². The number of hydrogen-bond acceptors (Lipinski definition) is 8. The number of allylic oxidation sites excluding steroid dienone is 1. The molecule has 1 aliphatic rings. The van der Waals surface area contributed by atoms with Crippen LogP contribution in [0.1, 0.15) is 43.5 Å². The number of para-hydroxylation sites is 1. The largest absolute Gasteiger partial charge is 0.490 e. The van der Waals surface area contributed by atoms with E-state index in [2.05, 4.69) is 21.2 Å². The normalized spacial score (nSPS) is 14.5. The molecule has 3 aromatic carbocycles. The van der Waals surface area contributed by atoms with E-state index in [0.717, 1.165) is 0 Å². The van der Waals surface area contributed by atoms with E-state index in [0.29, 0.717) is 56.9 Å². The predicted molar refractivity (Wildman–Crippen MR) is 167 cm³/mol. The minimum Gasteiger partial charge on any atom is -0.490 e. The SMILES string of the molecule is CCOC(=O)C1=C(C)NC(=S)N[C@H]1c1ccccc1OCC(=O)NN=Cc1ccc(OCc2ccccc2F)c(OCC)c1. The van der Waals surface area contributed by atoms with Gasteiger partial charge in [-0.25, -0.2) is 14.6 Å². The number of nitrogens with zero attached hydrogens (tertiary/aromatic N) is 1. The molecule has 1 atom stereocenters. The average molecular weight is 621 g/mol. The highest BCUT2D eigenvalue weighted by atomic mass is 32.1. The van der Waals surface area contributed by atoms with E-state index >= 15 is 0 Å². The maximum atomic E-state index is 14.0. The van der Waals surface area contributed by atoms with Crippen LogP contribution in [0.3, 0.4) is 0 Å². The molecular formula is C32H33FN4O6S. The first kappa shape index (κ1) is 32.0. The first-order valence-electron chi connectivity index (χ1n) is 13.9. The molecule has 1 amide bonds. The first-order valence-corrected chi connectivity index (χ1v) is 14.3. The Morgan fingerprint density at radius 3 is 2.52 bits per heavy atom. The number of nitrogens with one attached hydrogen (secondary N) is 3. The molecule has 0 radical (unpaired) electrons. The Morgan fingerprint density at radius 2 is 1.75 bits per heavy atom. The highest BCUT2D eigenvalue weighted by Crippen LogP contribution is 2.34. The molecule has 12 heteroatoms. The first-order chi connectivity index (χ1) is 21.3. The van der Waals surface area contributed by atoms with Crippen LogP contribution in [0.2, 0.25) is 0 Å². The highest BCUT2D eigenvalue weighted by Gasteiger charge is 2.32. The Labute approximate surface area is 260 Å². The zero-order valence-corrected chi connectivity index (χ0v) is 25.3. The summed E-state index contributed by atoms with van der Waals surface area (Å²) in [5, 5.41) is 10.4. The van der Waals surface area contributed by atoms with Gasteiger partial charge in [-0.3, -0.25) is 4.79 Å². The molecule has 0 bridgehead atoms. The number of ether oxygens (including phenoxy) is 4. The van der Waals surface area contributed by atoms with Gasteiger partial charge in [0.1, 0.15) is 18.2 Å². The molecule has 10 nitrogen and oxygen atoms in total. The van der Waals surface area contributed by atoms with E-state index in [-0.39, 0.29) is 25.6 Å². The topological polar surface area (TPSA) is 120 Å². The smallest absolute Gasteiger partial charge is 0.338 e. The molecule has 3 N–H and O–H groups in total. The number of hydrazone groups is 1. The summed E-state index contributed by atoms with van der Waals surface area (Å²) < 4.78 is 36.5. The summed E-state index contributed by atoms with van der Waals surface area (Å²) in [5.41, 5.74) is 5.04. The van der Waals surface area contributed by atoms with Crippen LogP contribution >= 0.6 is 12.2 Å². The van der Waals surface area contributed by atoms with Crippen molar-refractivity contribution in [3.05, 3.63) is 101 Å². The zero-order valence-electron chi connectivity index (χ0n) is 24.5. The standard InChI is InChI=1S/C32H33FN4O6S/c1-4-40-27-16-21(14-15-26(27)42-18-22-10-6-8-12-24(22)33)17-34-37-28(38)19-43-25-13-9-7-11-23(25)30-29(31(39)41-5-2)20(3)35-32(44)36-30/h6-17,30H,4-5,18-19H2,1-3H3,(H,37,38)(H2,35,36,44)/t30-/m0/s1. The molecule has 3 aromatic rings. The number of benzene rings is 3. The highest BCUT2D eigenvalue weighted by molar-refractivity contribution is 7.80. The lowest BCUT2D eigenvalue weighted by molar-refractivity contribution is -0.139. The molecule has 1 heterocycles. The van der Waals surface area contributed by atoms with E-state index < -0.39 is 17.9 Å². The molecule has 4 rings (SSSR count). The van der Waals surface area contributed by atoms with Crippen molar-refractivity contribution in [3.8, 4) is 17.2 Å². The van der Waals surface area contributed by atoms with Crippen LogP contribution in [0.5, 0.6) is 17.2 Å². The average Bonchev–Trinajstić information content (AvgIpc) is 3.00. The Kier molecular flexibility index (Phi) is 11.2. The van der Waals surface area contributed by atoms with Crippen LogP contribution in [-0.2, 0) is 20.9 Å². The van der Waals surface area contributed by atoms with E-state index in [9.17, 15) is 14.0 Å². The third-order valence-electron chi connectivity index (χ3n) is 6.36. The zero-order chi connectivity index (χ0) is 31.5. The van der Waals surface area contributed by atoms with Gasteiger partial charge in [-0.15, -0.1) is 0 Å². The number of rotatable bonds is 13. The molecule has 44 heavy (non-hydrogen) atoms. The van der Waals surface area contributed by atoms with E-state index in [1.807, 2.05) is 6.92 Å². The fourth-order valence-corrected chi connectivity index (χ4v) is 4.65. The van der Waals surface area contributed by atoms with Crippen LogP contribution in [-0.4, -0.2) is 43.0 Å². The summed E-state index contributed by atoms with van der Waals surface area (Å²) in [5.74, 6) is -0.0535. The van der Waals surface area contributed by atoms with E-state index in [1.165, 1.54) is 12.3 Å². The van der Waals surface area contributed by atoms with E-state index in [1.54, 1.807) is 74.5 Å². The lowest BCUT2D eigenvalue weighted by atomic mass is 9.95. The molecule has 0 fully saturated rings. The van der Waals surface area contributed by atoms with Gasteiger partial charge in [0.25, 0.3) is 5.91 Å². The fraction of sp³-hybridized carbons (Fsp3) is 0.250. The third kappa shape index (κ3) is 8.32. The molecule has 0 aromatic heterocycles. The van der Waals surface area contributed by atoms with Crippen molar-refractivity contribution in [2.45, 2.75) is 33.4 Å². The molecule has 0 saturated heterocycles. The molecule has 1 aliphatic heterocycles. The summed E-state index contributed by atoms with van der Waals surface area (Å²) in [7, 11) is 0.